The molecule has 148 valence electrons. The van der Waals surface area contributed by atoms with Crippen molar-refractivity contribution >= 4 is 40.6 Å². The molecule has 0 atom stereocenters. The molecular weight excluding hydrogens is 398 g/mol. The first-order chi connectivity index (χ1) is 13.3. The Kier molecular flexibility index (Phi) is 6.46. The van der Waals surface area contributed by atoms with Crippen LogP contribution in [0.3, 0.4) is 0 Å². The van der Waals surface area contributed by atoms with E-state index in [2.05, 4.69) is 26.0 Å². The van der Waals surface area contributed by atoms with E-state index in [0.29, 0.717) is 42.6 Å². The van der Waals surface area contributed by atoms with Gasteiger partial charge in [0.15, 0.2) is 0 Å². The molecule has 2 aromatic carbocycles. The van der Waals surface area contributed by atoms with Gasteiger partial charge in [-0.3, -0.25) is 14.9 Å². The number of halogens is 1. The largest absolute Gasteiger partial charge is 0.362 e. The summed E-state index contributed by atoms with van der Waals surface area (Å²) in [5.74, 6) is 0.484. The predicted molar refractivity (Wildman–Crippen MR) is 114 cm³/mol. The smallest absolute Gasteiger partial charge is 0.294 e. The molecule has 1 amide bonds. The van der Waals surface area contributed by atoms with Gasteiger partial charge in [0, 0.05) is 42.2 Å². The molecular formula is C20H22ClN3O3S. The van der Waals surface area contributed by atoms with Crippen LogP contribution in [-0.2, 0) is 4.79 Å². The number of piperazine rings is 1. The molecule has 3 rings (SSSR count). The number of benzene rings is 2. The third-order valence-corrected chi connectivity index (χ3v) is 6.16. The molecule has 28 heavy (non-hydrogen) atoms. The van der Waals surface area contributed by atoms with Gasteiger partial charge in [0.25, 0.3) is 5.69 Å². The number of hydrogen-bond acceptors (Lipinski definition) is 5. The number of nitro groups is 1. The van der Waals surface area contributed by atoms with Gasteiger partial charge in [-0.25, -0.2) is 0 Å². The second kappa shape index (κ2) is 8.84. The highest BCUT2D eigenvalue weighted by atomic mass is 35.5. The highest BCUT2D eigenvalue weighted by molar-refractivity contribution is 8.00. The summed E-state index contributed by atoms with van der Waals surface area (Å²) in [6.45, 7) is 6.35. The van der Waals surface area contributed by atoms with E-state index in [9.17, 15) is 14.9 Å². The Balaban J connectivity index is 1.57. The minimum absolute atomic E-state index is 0.00225. The van der Waals surface area contributed by atoms with E-state index in [0.717, 1.165) is 4.90 Å². The number of thioether (sulfide) groups is 1. The van der Waals surface area contributed by atoms with Crippen molar-refractivity contribution in [2.45, 2.75) is 18.7 Å². The van der Waals surface area contributed by atoms with Crippen LogP contribution in [0, 0.1) is 24.0 Å². The third kappa shape index (κ3) is 4.77. The van der Waals surface area contributed by atoms with Crippen molar-refractivity contribution < 1.29 is 9.72 Å². The van der Waals surface area contributed by atoms with Crippen LogP contribution in [0.2, 0.25) is 5.02 Å². The second-order valence-electron chi connectivity index (χ2n) is 6.79. The molecule has 8 heteroatoms. The highest BCUT2D eigenvalue weighted by Crippen LogP contribution is 2.31. The maximum absolute atomic E-state index is 12.5. The lowest BCUT2D eigenvalue weighted by atomic mass is 10.1. The van der Waals surface area contributed by atoms with Gasteiger partial charge in [-0.2, -0.15) is 0 Å². The van der Waals surface area contributed by atoms with Gasteiger partial charge in [0.05, 0.1) is 10.7 Å². The number of rotatable bonds is 5. The van der Waals surface area contributed by atoms with Crippen molar-refractivity contribution in [1.29, 1.82) is 0 Å². The third-order valence-electron chi connectivity index (χ3n) is 4.95. The van der Waals surface area contributed by atoms with Gasteiger partial charge >= 0.3 is 0 Å². The lowest BCUT2D eigenvalue weighted by Crippen LogP contribution is -2.49. The van der Waals surface area contributed by atoms with Gasteiger partial charge < -0.3 is 9.80 Å². The lowest BCUT2D eigenvalue weighted by molar-refractivity contribution is -0.384. The quantitative estimate of drug-likeness (QED) is 0.410. The van der Waals surface area contributed by atoms with Crippen LogP contribution in [0.1, 0.15) is 11.1 Å². The highest BCUT2D eigenvalue weighted by Gasteiger charge is 2.26. The molecule has 0 unspecified atom stereocenters. The molecule has 1 aliphatic heterocycles. The van der Waals surface area contributed by atoms with Gasteiger partial charge in [0.1, 0.15) is 5.69 Å². The van der Waals surface area contributed by atoms with Gasteiger partial charge in [-0.15, -0.1) is 11.8 Å². The number of nitro benzene ring substituents is 1. The Morgan fingerprint density at radius 1 is 1.11 bits per heavy atom. The number of carbonyl (C=O) groups is 1. The van der Waals surface area contributed by atoms with E-state index in [1.54, 1.807) is 23.9 Å². The molecule has 0 saturated carbocycles. The van der Waals surface area contributed by atoms with Crippen molar-refractivity contribution in [2.24, 2.45) is 0 Å². The van der Waals surface area contributed by atoms with Gasteiger partial charge in [0.2, 0.25) is 5.91 Å². The van der Waals surface area contributed by atoms with E-state index in [4.69, 9.17) is 11.6 Å². The summed E-state index contributed by atoms with van der Waals surface area (Å²) in [4.78, 5) is 28.3. The molecule has 0 N–H and O–H groups in total. The molecule has 1 heterocycles. The summed E-state index contributed by atoms with van der Waals surface area (Å²) >= 11 is 7.43. The summed E-state index contributed by atoms with van der Waals surface area (Å²) in [7, 11) is 0. The number of aryl methyl sites for hydroxylation is 2. The molecule has 0 aliphatic carbocycles. The van der Waals surface area contributed by atoms with Crippen LogP contribution in [0.25, 0.3) is 0 Å². The van der Waals surface area contributed by atoms with Crippen LogP contribution < -0.4 is 4.90 Å². The summed E-state index contributed by atoms with van der Waals surface area (Å²) in [5, 5.41) is 11.6. The van der Waals surface area contributed by atoms with Crippen molar-refractivity contribution in [3.05, 3.63) is 62.7 Å². The fourth-order valence-electron chi connectivity index (χ4n) is 3.15. The Morgan fingerprint density at radius 2 is 1.82 bits per heavy atom. The van der Waals surface area contributed by atoms with E-state index in [1.807, 2.05) is 15.9 Å². The SMILES string of the molecule is Cc1ccc(SCC(=O)N2CCN(c3ccc(Cl)cc3[N+](=O)[O-])CC2)cc1C. The van der Waals surface area contributed by atoms with E-state index < -0.39 is 4.92 Å². The monoisotopic (exact) mass is 419 g/mol. The molecule has 0 radical (unpaired) electrons. The number of amides is 1. The lowest BCUT2D eigenvalue weighted by Gasteiger charge is -2.35. The minimum atomic E-state index is -0.418. The fraction of sp³-hybridized carbons (Fsp3) is 0.350. The maximum Gasteiger partial charge on any atom is 0.294 e. The van der Waals surface area contributed by atoms with Crippen molar-refractivity contribution in [1.82, 2.24) is 4.90 Å². The molecule has 0 spiro atoms. The Bertz CT molecular complexity index is 898. The molecule has 1 aliphatic rings. The predicted octanol–water partition coefficient (Wildman–Crippen LogP) is 4.31. The average molecular weight is 420 g/mol. The molecule has 1 saturated heterocycles. The number of carbonyl (C=O) groups excluding carboxylic acids is 1. The summed E-state index contributed by atoms with van der Waals surface area (Å²) in [6, 6.07) is 10.9. The minimum Gasteiger partial charge on any atom is -0.362 e. The Morgan fingerprint density at radius 3 is 2.46 bits per heavy atom. The molecule has 6 nitrogen and oxygen atoms in total. The first kappa shape index (κ1) is 20.5. The van der Waals surface area contributed by atoms with Gasteiger partial charge in [-0.1, -0.05) is 17.7 Å². The van der Waals surface area contributed by atoms with Crippen LogP contribution in [-0.4, -0.2) is 47.7 Å². The van der Waals surface area contributed by atoms with E-state index in [-0.39, 0.29) is 11.6 Å². The normalized spacial score (nSPS) is 14.2. The first-order valence-electron chi connectivity index (χ1n) is 9.02. The summed E-state index contributed by atoms with van der Waals surface area (Å²) < 4.78 is 0. The molecule has 0 aromatic heterocycles. The molecule has 2 aromatic rings. The van der Waals surface area contributed by atoms with Crippen LogP contribution in [0.4, 0.5) is 11.4 Å². The fourth-order valence-corrected chi connectivity index (χ4v) is 4.21. The summed E-state index contributed by atoms with van der Waals surface area (Å²) in [5.41, 5.74) is 3.00. The summed E-state index contributed by atoms with van der Waals surface area (Å²) in [6.07, 6.45) is 0. The zero-order chi connectivity index (χ0) is 20.3. The van der Waals surface area contributed by atoms with Crippen LogP contribution >= 0.6 is 23.4 Å². The maximum atomic E-state index is 12.5. The van der Waals surface area contributed by atoms with E-state index in [1.165, 1.54) is 17.2 Å². The zero-order valence-electron chi connectivity index (χ0n) is 15.9. The Hall–Kier alpha value is -2.25. The number of hydrogen-bond donors (Lipinski definition) is 0. The van der Waals surface area contributed by atoms with Crippen LogP contribution in [0.15, 0.2) is 41.3 Å². The second-order valence-corrected chi connectivity index (χ2v) is 8.28. The van der Waals surface area contributed by atoms with Crippen LogP contribution in [0.5, 0.6) is 0 Å². The van der Waals surface area contributed by atoms with Crippen molar-refractivity contribution in [3.63, 3.8) is 0 Å². The van der Waals surface area contributed by atoms with Gasteiger partial charge in [-0.05, 0) is 49.2 Å². The standard InChI is InChI=1S/C20H22ClN3O3S/c1-14-3-5-17(11-15(14)2)28-13-20(25)23-9-7-22(8-10-23)18-6-4-16(21)12-19(18)24(26)27/h3-6,11-12H,7-10,13H2,1-2H3. The zero-order valence-corrected chi connectivity index (χ0v) is 17.4. The van der Waals surface area contributed by atoms with Crippen molar-refractivity contribution in [3.8, 4) is 0 Å². The topological polar surface area (TPSA) is 66.7 Å². The molecule has 0 bridgehead atoms. The van der Waals surface area contributed by atoms with Crippen molar-refractivity contribution in [2.75, 3.05) is 36.8 Å². The molecule has 1 fully saturated rings. The average Bonchev–Trinajstić information content (AvgIpc) is 2.68. The number of anilines is 1. The first-order valence-corrected chi connectivity index (χ1v) is 10.4. The Labute approximate surface area is 173 Å². The number of nitrogens with zero attached hydrogens (tertiary/aromatic N) is 3. The van der Waals surface area contributed by atoms with E-state index >= 15 is 0 Å².